The van der Waals surface area contributed by atoms with Crippen LogP contribution in [-0.2, 0) is 10.8 Å². The highest BCUT2D eigenvalue weighted by atomic mass is 127. The molecule has 0 rings (SSSR count). The summed E-state index contributed by atoms with van der Waals surface area (Å²) >= 11 is 0. The van der Waals surface area contributed by atoms with Gasteiger partial charge >= 0.3 is 0 Å². The molecule has 0 fully saturated rings. The minimum atomic E-state index is -0.830. The van der Waals surface area contributed by atoms with Gasteiger partial charge in [0.15, 0.2) is 5.96 Å². The number of hydrogen-bond donors (Lipinski definition) is 1. The maximum atomic E-state index is 12.0. The van der Waals surface area contributed by atoms with Crippen LogP contribution in [-0.4, -0.2) is 52.3 Å². The summed E-state index contributed by atoms with van der Waals surface area (Å²) in [5.74, 6) is 1.54. The zero-order chi connectivity index (χ0) is 14.9. The van der Waals surface area contributed by atoms with Gasteiger partial charge in [-0.05, 0) is 34.1 Å². The van der Waals surface area contributed by atoms with Crippen molar-refractivity contribution in [2.24, 2.45) is 4.99 Å². The second kappa shape index (κ2) is 11.8. The zero-order valence-corrected chi connectivity index (χ0v) is 17.0. The van der Waals surface area contributed by atoms with E-state index >= 15 is 0 Å². The van der Waals surface area contributed by atoms with E-state index in [1.54, 1.807) is 0 Å². The summed E-state index contributed by atoms with van der Waals surface area (Å²) < 4.78 is 11.8. The average molecular weight is 417 g/mol. The summed E-state index contributed by atoms with van der Waals surface area (Å²) in [6.45, 7) is 12.7. The van der Waals surface area contributed by atoms with E-state index in [1.807, 2.05) is 20.8 Å². The van der Waals surface area contributed by atoms with Gasteiger partial charge in [0.1, 0.15) is 0 Å². The lowest BCUT2D eigenvalue weighted by Gasteiger charge is -2.22. The first-order chi connectivity index (χ1) is 8.82. The molecule has 0 saturated carbocycles. The molecule has 0 spiro atoms. The number of rotatable bonds is 7. The van der Waals surface area contributed by atoms with Crippen molar-refractivity contribution in [3.63, 3.8) is 0 Å². The smallest absolute Gasteiger partial charge is 0.193 e. The normalized spacial score (nSPS) is 13.6. The fourth-order valence-electron chi connectivity index (χ4n) is 1.51. The Labute approximate surface area is 144 Å². The van der Waals surface area contributed by atoms with Gasteiger partial charge in [-0.2, -0.15) is 0 Å². The van der Waals surface area contributed by atoms with E-state index in [9.17, 15) is 4.21 Å². The molecule has 0 bridgehead atoms. The summed E-state index contributed by atoms with van der Waals surface area (Å²) in [5, 5.41) is 3.28. The molecule has 1 unspecified atom stereocenters. The van der Waals surface area contributed by atoms with Gasteiger partial charge in [0.2, 0.25) is 0 Å². The second-order valence-corrected chi connectivity index (χ2v) is 8.00. The number of halogens is 1. The number of hydrogen-bond acceptors (Lipinski definition) is 2. The molecular formula is C14H32IN3OS. The van der Waals surface area contributed by atoms with Gasteiger partial charge in [0, 0.05) is 41.4 Å². The van der Waals surface area contributed by atoms with E-state index in [-0.39, 0.29) is 28.7 Å². The molecule has 1 N–H and O–H groups in total. The van der Waals surface area contributed by atoms with Gasteiger partial charge in [-0.3, -0.25) is 9.20 Å². The third-order valence-electron chi connectivity index (χ3n) is 2.76. The number of unbranched alkanes of at least 4 members (excludes halogenated alkanes) is 1. The maximum Gasteiger partial charge on any atom is 0.193 e. The van der Waals surface area contributed by atoms with Crippen LogP contribution in [0.25, 0.3) is 0 Å². The van der Waals surface area contributed by atoms with Crippen LogP contribution in [0.2, 0.25) is 0 Å². The molecule has 1 atom stereocenters. The van der Waals surface area contributed by atoms with Crippen LogP contribution < -0.4 is 5.32 Å². The van der Waals surface area contributed by atoms with Gasteiger partial charge < -0.3 is 10.2 Å². The molecule has 0 aliphatic rings. The van der Waals surface area contributed by atoms with Crippen molar-refractivity contribution in [1.29, 1.82) is 0 Å². The minimum absolute atomic E-state index is 0. The Morgan fingerprint density at radius 1 is 1.30 bits per heavy atom. The standard InChI is InChI=1S/C14H31N3OS.HI/c1-7-9-11-17(6)13(15-8-2)16-10-12-19(18)14(3,4)5;/h7-12H2,1-6H3,(H,15,16);1H. The maximum absolute atomic E-state index is 12.0. The lowest BCUT2D eigenvalue weighted by molar-refractivity contribution is 0.465. The number of guanidine groups is 1. The summed E-state index contributed by atoms with van der Waals surface area (Å²) in [7, 11) is 1.22. The van der Waals surface area contributed by atoms with Gasteiger partial charge in [0.05, 0.1) is 6.54 Å². The van der Waals surface area contributed by atoms with Gasteiger partial charge in [-0.1, -0.05) is 13.3 Å². The Balaban J connectivity index is 0. The van der Waals surface area contributed by atoms with Crippen LogP contribution in [0.1, 0.15) is 47.5 Å². The molecule has 0 heterocycles. The molecule has 0 aromatic carbocycles. The van der Waals surface area contributed by atoms with Crippen LogP contribution in [0.3, 0.4) is 0 Å². The average Bonchev–Trinajstić information content (AvgIpc) is 2.33. The van der Waals surface area contributed by atoms with Crippen molar-refractivity contribution in [1.82, 2.24) is 10.2 Å². The summed E-state index contributed by atoms with van der Waals surface area (Å²) in [6, 6.07) is 0. The molecule has 0 amide bonds. The van der Waals surface area contributed by atoms with Crippen molar-refractivity contribution in [3.8, 4) is 0 Å². The van der Waals surface area contributed by atoms with Crippen LogP contribution in [0.4, 0.5) is 0 Å². The summed E-state index contributed by atoms with van der Waals surface area (Å²) in [5.41, 5.74) is 0. The number of nitrogens with one attached hydrogen (secondary N) is 1. The first kappa shape index (κ1) is 22.4. The fourth-order valence-corrected chi connectivity index (χ4v) is 2.38. The SMILES string of the molecule is CCCCN(C)C(=NCCS(=O)C(C)(C)C)NCC.I. The van der Waals surface area contributed by atoms with Gasteiger partial charge in [-0.15, -0.1) is 24.0 Å². The highest BCUT2D eigenvalue weighted by Gasteiger charge is 2.18. The third kappa shape index (κ3) is 9.96. The Kier molecular flexibility index (Phi) is 13.2. The first-order valence-electron chi connectivity index (χ1n) is 7.20. The minimum Gasteiger partial charge on any atom is -0.357 e. The third-order valence-corrected chi connectivity index (χ3v) is 4.68. The Morgan fingerprint density at radius 3 is 2.35 bits per heavy atom. The van der Waals surface area contributed by atoms with E-state index in [0.717, 1.165) is 25.5 Å². The molecule has 6 heteroatoms. The van der Waals surface area contributed by atoms with Crippen LogP contribution in [0.5, 0.6) is 0 Å². The number of nitrogens with zero attached hydrogens (tertiary/aromatic N) is 2. The summed E-state index contributed by atoms with van der Waals surface area (Å²) in [6.07, 6.45) is 2.34. The molecule has 0 saturated heterocycles. The lowest BCUT2D eigenvalue weighted by Crippen LogP contribution is -2.39. The van der Waals surface area contributed by atoms with E-state index in [4.69, 9.17) is 0 Å². The van der Waals surface area contributed by atoms with Crippen LogP contribution in [0, 0.1) is 0 Å². The topological polar surface area (TPSA) is 44.7 Å². The highest BCUT2D eigenvalue weighted by Crippen LogP contribution is 2.10. The zero-order valence-electron chi connectivity index (χ0n) is 13.9. The van der Waals surface area contributed by atoms with Crippen molar-refractivity contribution >= 4 is 40.7 Å². The predicted molar refractivity (Wildman–Crippen MR) is 102 cm³/mol. The molecule has 0 aromatic heterocycles. The Hall–Kier alpha value is 0.150. The van der Waals surface area contributed by atoms with E-state index in [0.29, 0.717) is 12.3 Å². The van der Waals surface area contributed by atoms with E-state index < -0.39 is 10.8 Å². The molecule has 4 nitrogen and oxygen atoms in total. The van der Waals surface area contributed by atoms with E-state index in [2.05, 4.69) is 36.1 Å². The quantitative estimate of drug-likeness (QED) is 0.394. The molecular weight excluding hydrogens is 385 g/mol. The van der Waals surface area contributed by atoms with Crippen LogP contribution >= 0.6 is 24.0 Å². The van der Waals surface area contributed by atoms with E-state index in [1.165, 1.54) is 6.42 Å². The second-order valence-electron chi connectivity index (χ2n) is 5.67. The van der Waals surface area contributed by atoms with Crippen LogP contribution in [0.15, 0.2) is 4.99 Å². The van der Waals surface area contributed by atoms with Crippen molar-refractivity contribution in [2.75, 3.05) is 32.4 Å². The Morgan fingerprint density at radius 2 is 1.90 bits per heavy atom. The summed E-state index contributed by atoms with van der Waals surface area (Å²) in [4.78, 5) is 6.70. The molecule has 20 heavy (non-hydrogen) atoms. The molecule has 0 aliphatic carbocycles. The predicted octanol–water partition coefficient (Wildman–Crippen LogP) is 2.85. The molecule has 0 aromatic rings. The molecule has 0 aliphatic heterocycles. The molecule has 0 radical (unpaired) electrons. The highest BCUT2D eigenvalue weighted by molar-refractivity contribution is 14.0. The number of aliphatic imine (C=N–C) groups is 1. The Bertz CT molecular complexity index is 303. The molecule has 122 valence electrons. The monoisotopic (exact) mass is 417 g/mol. The van der Waals surface area contributed by atoms with Crippen molar-refractivity contribution in [3.05, 3.63) is 0 Å². The van der Waals surface area contributed by atoms with Gasteiger partial charge in [0.25, 0.3) is 0 Å². The van der Waals surface area contributed by atoms with Gasteiger partial charge in [-0.25, -0.2) is 0 Å². The van der Waals surface area contributed by atoms with Crippen molar-refractivity contribution in [2.45, 2.75) is 52.2 Å². The van der Waals surface area contributed by atoms with Crippen molar-refractivity contribution < 1.29 is 4.21 Å². The first-order valence-corrected chi connectivity index (χ1v) is 8.52. The fraction of sp³-hybridized carbons (Fsp3) is 0.929. The lowest BCUT2D eigenvalue weighted by atomic mass is 10.3. The largest absolute Gasteiger partial charge is 0.357 e.